The number of hydrogen-bond acceptors (Lipinski definition) is 5. The number of amides is 1. The Morgan fingerprint density at radius 2 is 2.32 bits per heavy atom. The first-order chi connectivity index (χ1) is 9.24. The summed E-state index contributed by atoms with van der Waals surface area (Å²) in [4.78, 5) is 11.9. The van der Waals surface area contributed by atoms with E-state index in [1.54, 1.807) is 4.68 Å². The van der Waals surface area contributed by atoms with Crippen LogP contribution in [-0.2, 0) is 4.79 Å². The fourth-order valence-electron chi connectivity index (χ4n) is 1.90. The van der Waals surface area contributed by atoms with Crippen LogP contribution in [0, 0.1) is 12.8 Å². The fourth-order valence-corrected chi connectivity index (χ4v) is 1.90. The van der Waals surface area contributed by atoms with Crippen LogP contribution in [-0.4, -0.2) is 39.2 Å². The summed E-state index contributed by atoms with van der Waals surface area (Å²) in [7, 11) is 0. The largest absolute Gasteiger partial charge is 0.326 e. The van der Waals surface area contributed by atoms with Crippen molar-refractivity contribution in [3.8, 4) is 5.69 Å². The van der Waals surface area contributed by atoms with Gasteiger partial charge in [-0.05, 0) is 35.5 Å². The van der Waals surface area contributed by atoms with Crippen molar-refractivity contribution in [2.24, 2.45) is 5.92 Å². The number of carbonyl (C=O) groups is 1. The van der Waals surface area contributed by atoms with Crippen molar-refractivity contribution in [3.05, 3.63) is 30.1 Å². The maximum absolute atomic E-state index is 11.9. The minimum Gasteiger partial charge on any atom is -0.326 e. The van der Waals surface area contributed by atoms with E-state index in [1.807, 2.05) is 31.2 Å². The van der Waals surface area contributed by atoms with E-state index in [1.165, 1.54) is 0 Å². The molecule has 2 heterocycles. The molecule has 7 nitrogen and oxygen atoms in total. The summed E-state index contributed by atoms with van der Waals surface area (Å²) in [6, 6.07) is 7.47. The first kappa shape index (κ1) is 11.8. The topological polar surface area (TPSA) is 84.7 Å². The van der Waals surface area contributed by atoms with Gasteiger partial charge in [-0.25, -0.2) is 0 Å². The van der Waals surface area contributed by atoms with Gasteiger partial charge in [0.2, 0.25) is 5.91 Å². The molecule has 2 N–H and O–H groups in total. The molecule has 1 aromatic carbocycles. The molecule has 1 aliphatic heterocycles. The van der Waals surface area contributed by atoms with Crippen LogP contribution in [0.15, 0.2) is 24.3 Å². The van der Waals surface area contributed by atoms with Crippen LogP contribution >= 0.6 is 0 Å². The third kappa shape index (κ3) is 2.32. The average molecular weight is 258 g/mol. The fraction of sp³-hybridized carbons (Fsp3) is 0.333. The zero-order valence-corrected chi connectivity index (χ0v) is 10.5. The number of benzene rings is 1. The highest BCUT2D eigenvalue weighted by molar-refractivity contribution is 5.93. The molecule has 0 aliphatic carbocycles. The van der Waals surface area contributed by atoms with E-state index in [2.05, 4.69) is 26.2 Å². The quantitative estimate of drug-likeness (QED) is 0.817. The summed E-state index contributed by atoms with van der Waals surface area (Å²) >= 11 is 0. The van der Waals surface area contributed by atoms with Crippen LogP contribution in [0.3, 0.4) is 0 Å². The highest BCUT2D eigenvalue weighted by Gasteiger charge is 2.24. The number of nitrogens with one attached hydrogen (secondary N) is 2. The molecule has 0 saturated carbocycles. The average Bonchev–Trinajstić information content (AvgIpc) is 2.73. The predicted molar refractivity (Wildman–Crippen MR) is 68.9 cm³/mol. The molecule has 1 saturated heterocycles. The van der Waals surface area contributed by atoms with Crippen molar-refractivity contribution >= 4 is 11.6 Å². The van der Waals surface area contributed by atoms with E-state index in [9.17, 15) is 4.79 Å². The molecule has 0 atom stereocenters. The van der Waals surface area contributed by atoms with Crippen molar-refractivity contribution < 1.29 is 4.79 Å². The predicted octanol–water partition coefficient (Wildman–Crippen LogP) is 0.129. The molecule has 19 heavy (non-hydrogen) atoms. The molecule has 0 unspecified atom stereocenters. The minimum absolute atomic E-state index is 0.0457. The second kappa shape index (κ2) is 4.77. The van der Waals surface area contributed by atoms with E-state index >= 15 is 0 Å². The third-order valence-electron chi connectivity index (χ3n) is 3.14. The molecule has 0 spiro atoms. The van der Waals surface area contributed by atoms with Crippen LogP contribution in [0.2, 0.25) is 0 Å². The molecule has 2 aromatic rings. The Bertz CT molecular complexity index is 604. The van der Waals surface area contributed by atoms with Crippen molar-refractivity contribution in [1.29, 1.82) is 0 Å². The molecule has 1 aliphatic rings. The van der Waals surface area contributed by atoms with Crippen molar-refractivity contribution in [3.63, 3.8) is 0 Å². The Labute approximate surface area is 110 Å². The molecule has 1 fully saturated rings. The van der Waals surface area contributed by atoms with Crippen LogP contribution in [0.5, 0.6) is 0 Å². The Morgan fingerprint density at radius 3 is 2.95 bits per heavy atom. The SMILES string of the molecule is Cc1nnnn1-c1cccc(NC(=O)C2CNC2)c1. The lowest BCUT2D eigenvalue weighted by Crippen LogP contribution is -2.48. The van der Waals surface area contributed by atoms with E-state index in [0.29, 0.717) is 5.82 Å². The summed E-state index contributed by atoms with van der Waals surface area (Å²) in [5.74, 6) is 0.814. The Kier molecular flexibility index (Phi) is 2.96. The van der Waals surface area contributed by atoms with Crippen LogP contribution in [0.4, 0.5) is 5.69 Å². The second-order valence-electron chi connectivity index (χ2n) is 4.53. The lowest BCUT2D eigenvalue weighted by atomic mass is 10.0. The van der Waals surface area contributed by atoms with Gasteiger partial charge in [0, 0.05) is 18.8 Å². The highest BCUT2D eigenvalue weighted by Crippen LogP contribution is 2.16. The van der Waals surface area contributed by atoms with Crippen LogP contribution < -0.4 is 10.6 Å². The van der Waals surface area contributed by atoms with Gasteiger partial charge in [-0.2, -0.15) is 4.68 Å². The van der Waals surface area contributed by atoms with Crippen molar-refractivity contribution in [1.82, 2.24) is 25.5 Å². The molecule has 1 aromatic heterocycles. The smallest absolute Gasteiger partial charge is 0.230 e. The number of hydrogen-bond donors (Lipinski definition) is 2. The van der Waals surface area contributed by atoms with Crippen LogP contribution in [0.1, 0.15) is 5.82 Å². The Balaban J connectivity index is 1.80. The van der Waals surface area contributed by atoms with E-state index < -0.39 is 0 Å². The van der Waals surface area contributed by atoms with Gasteiger partial charge >= 0.3 is 0 Å². The van der Waals surface area contributed by atoms with E-state index in [0.717, 1.165) is 24.5 Å². The lowest BCUT2D eigenvalue weighted by Gasteiger charge is -2.25. The summed E-state index contributed by atoms with van der Waals surface area (Å²) < 4.78 is 1.63. The number of tetrazole rings is 1. The Hall–Kier alpha value is -2.28. The number of anilines is 1. The van der Waals surface area contributed by atoms with Crippen molar-refractivity contribution in [2.75, 3.05) is 18.4 Å². The summed E-state index contributed by atoms with van der Waals surface area (Å²) in [5.41, 5.74) is 1.58. The number of nitrogens with zero attached hydrogens (tertiary/aromatic N) is 4. The zero-order valence-electron chi connectivity index (χ0n) is 10.5. The summed E-state index contributed by atoms with van der Waals surface area (Å²) in [5, 5.41) is 17.3. The monoisotopic (exact) mass is 258 g/mol. The normalized spacial score (nSPS) is 15.0. The number of aryl methyl sites for hydroxylation is 1. The first-order valence-corrected chi connectivity index (χ1v) is 6.11. The van der Waals surface area contributed by atoms with Gasteiger partial charge < -0.3 is 10.6 Å². The van der Waals surface area contributed by atoms with Crippen LogP contribution in [0.25, 0.3) is 5.69 Å². The molecule has 7 heteroatoms. The zero-order chi connectivity index (χ0) is 13.2. The number of rotatable bonds is 3. The number of carbonyl (C=O) groups excluding carboxylic acids is 1. The van der Waals surface area contributed by atoms with Gasteiger partial charge in [-0.15, -0.1) is 5.10 Å². The van der Waals surface area contributed by atoms with E-state index in [-0.39, 0.29) is 11.8 Å². The molecule has 3 rings (SSSR count). The molecule has 1 amide bonds. The van der Waals surface area contributed by atoms with Gasteiger partial charge in [-0.1, -0.05) is 6.07 Å². The van der Waals surface area contributed by atoms with Crippen molar-refractivity contribution in [2.45, 2.75) is 6.92 Å². The van der Waals surface area contributed by atoms with E-state index in [4.69, 9.17) is 0 Å². The number of aromatic nitrogens is 4. The lowest BCUT2D eigenvalue weighted by molar-refractivity contribution is -0.121. The molecule has 98 valence electrons. The maximum atomic E-state index is 11.9. The van der Waals surface area contributed by atoms with Gasteiger partial charge in [0.15, 0.2) is 5.82 Å². The van der Waals surface area contributed by atoms with Gasteiger partial charge in [0.05, 0.1) is 11.6 Å². The molecular formula is C12H14N6O. The van der Waals surface area contributed by atoms with Gasteiger partial charge in [0.1, 0.15) is 0 Å². The standard InChI is InChI=1S/C12H14N6O/c1-8-15-16-17-18(8)11-4-2-3-10(5-11)14-12(19)9-6-13-7-9/h2-5,9,13H,6-7H2,1H3,(H,14,19). The Morgan fingerprint density at radius 1 is 1.47 bits per heavy atom. The summed E-state index contributed by atoms with van der Waals surface area (Å²) in [6.07, 6.45) is 0. The van der Waals surface area contributed by atoms with Gasteiger partial charge in [-0.3, -0.25) is 4.79 Å². The molecule has 0 bridgehead atoms. The maximum Gasteiger partial charge on any atom is 0.230 e. The summed E-state index contributed by atoms with van der Waals surface area (Å²) in [6.45, 7) is 3.32. The molecule has 0 radical (unpaired) electrons. The highest BCUT2D eigenvalue weighted by atomic mass is 16.2. The van der Waals surface area contributed by atoms with Gasteiger partial charge in [0.25, 0.3) is 0 Å². The first-order valence-electron chi connectivity index (χ1n) is 6.11. The molecular weight excluding hydrogens is 244 g/mol. The second-order valence-corrected chi connectivity index (χ2v) is 4.53. The minimum atomic E-state index is 0.0457. The third-order valence-corrected chi connectivity index (χ3v) is 3.14.